The van der Waals surface area contributed by atoms with Crippen molar-refractivity contribution < 1.29 is 0 Å². The van der Waals surface area contributed by atoms with Crippen LogP contribution in [0.5, 0.6) is 0 Å². The van der Waals surface area contributed by atoms with Crippen LogP contribution in [0.4, 0.5) is 0 Å². The quantitative estimate of drug-likeness (QED) is 0.652. The summed E-state index contributed by atoms with van der Waals surface area (Å²) in [6.45, 7) is 0. The number of rotatable bonds is 3. The lowest BCUT2D eigenvalue weighted by atomic mass is 9.90. The van der Waals surface area contributed by atoms with Crippen molar-refractivity contribution in [1.29, 1.82) is 0 Å². The highest BCUT2D eigenvalue weighted by molar-refractivity contribution is 8.02. The van der Waals surface area contributed by atoms with Crippen LogP contribution >= 0.6 is 11.8 Å². The Balaban J connectivity index is 1.79. The highest BCUT2D eigenvalue weighted by atomic mass is 32.2. The second-order valence-corrected chi connectivity index (χ2v) is 5.14. The first-order valence-corrected chi connectivity index (χ1v) is 6.71. The number of hydrogen-bond donors (Lipinski definition) is 0. The molecule has 1 aliphatic carbocycles. The molecule has 0 amide bonds. The van der Waals surface area contributed by atoms with Gasteiger partial charge in [0.2, 0.25) is 0 Å². The van der Waals surface area contributed by atoms with Crippen LogP contribution in [0.15, 0.2) is 46.7 Å². The van der Waals surface area contributed by atoms with Crippen LogP contribution in [0.1, 0.15) is 32.1 Å². The van der Waals surface area contributed by atoms with Gasteiger partial charge >= 0.3 is 0 Å². The molecule has 0 heterocycles. The number of thioether (sulfide) groups is 1. The molecule has 0 atom stereocenters. The number of allylic oxidation sites excluding steroid dienone is 1. The van der Waals surface area contributed by atoms with Gasteiger partial charge in [0.1, 0.15) is 0 Å². The summed E-state index contributed by atoms with van der Waals surface area (Å²) in [5, 5.41) is 2.27. The van der Waals surface area contributed by atoms with E-state index >= 15 is 0 Å². The Morgan fingerprint density at radius 3 is 2.47 bits per heavy atom. The molecule has 0 nitrogen and oxygen atoms in total. The summed E-state index contributed by atoms with van der Waals surface area (Å²) in [7, 11) is 0. The zero-order valence-electron chi connectivity index (χ0n) is 9.06. The Bertz CT molecular complexity index is 296. The Morgan fingerprint density at radius 2 is 1.73 bits per heavy atom. The molecule has 0 saturated heterocycles. The van der Waals surface area contributed by atoms with Crippen molar-refractivity contribution in [3.8, 4) is 0 Å². The average molecular weight is 218 g/mol. The van der Waals surface area contributed by atoms with Gasteiger partial charge in [0.05, 0.1) is 0 Å². The zero-order valence-corrected chi connectivity index (χ0v) is 9.88. The summed E-state index contributed by atoms with van der Waals surface area (Å²) in [5.41, 5.74) is 0. The van der Waals surface area contributed by atoms with Crippen LogP contribution in [0.2, 0.25) is 0 Å². The fourth-order valence-electron chi connectivity index (χ4n) is 2.05. The van der Waals surface area contributed by atoms with E-state index in [4.69, 9.17) is 0 Å². The minimum absolute atomic E-state index is 0.843. The zero-order chi connectivity index (χ0) is 10.3. The molecule has 0 spiro atoms. The van der Waals surface area contributed by atoms with Gasteiger partial charge in [-0.15, -0.1) is 0 Å². The lowest BCUT2D eigenvalue weighted by molar-refractivity contribution is 0.420. The lowest BCUT2D eigenvalue weighted by Gasteiger charge is -2.17. The van der Waals surface area contributed by atoms with Crippen LogP contribution in [0.3, 0.4) is 0 Å². The van der Waals surface area contributed by atoms with Crippen LogP contribution in [-0.4, -0.2) is 0 Å². The summed E-state index contributed by atoms with van der Waals surface area (Å²) in [4.78, 5) is 1.34. The van der Waals surface area contributed by atoms with E-state index in [1.54, 1.807) is 0 Å². The van der Waals surface area contributed by atoms with Crippen molar-refractivity contribution in [2.24, 2.45) is 5.92 Å². The SMILES string of the molecule is C(=C\C1CCCCC1)/Sc1ccccc1. The summed E-state index contributed by atoms with van der Waals surface area (Å²) in [6.07, 6.45) is 9.47. The van der Waals surface area contributed by atoms with E-state index in [0.29, 0.717) is 0 Å². The second kappa shape index (κ2) is 6.02. The summed E-state index contributed by atoms with van der Waals surface area (Å²) in [5.74, 6) is 0.843. The third-order valence-electron chi connectivity index (χ3n) is 2.95. The molecule has 0 radical (unpaired) electrons. The van der Waals surface area contributed by atoms with E-state index in [9.17, 15) is 0 Å². The van der Waals surface area contributed by atoms with Gasteiger partial charge in [-0.3, -0.25) is 0 Å². The molecule has 0 N–H and O–H groups in total. The lowest BCUT2D eigenvalue weighted by Crippen LogP contribution is -2.01. The average Bonchev–Trinajstić information content (AvgIpc) is 2.32. The van der Waals surface area contributed by atoms with Gasteiger partial charge in [-0.25, -0.2) is 0 Å². The van der Waals surface area contributed by atoms with Crippen molar-refractivity contribution in [2.45, 2.75) is 37.0 Å². The van der Waals surface area contributed by atoms with Gasteiger partial charge in [0, 0.05) is 4.90 Å². The summed E-state index contributed by atoms with van der Waals surface area (Å²) in [6, 6.07) is 10.6. The van der Waals surface area contributed by atoms with Crippen LogP contribution in [0, 0.1) is 5.92 Å². The maximum atomic E-state index is 2.40. The molecule has 1 saturated carbocycles. The largest absolute Gasteiger partial charge is 0.0984 e. The maximum absolute atomic E-state index is 2.40. The van der Waals surface area contributed by atoms with E-state index in [1.165, 1.54) is 37.0 Å². The molecule has 1 heteroatoms. The smallest absolute Gasteiger partial charge is 0.0116 e. The normalized spacial score (nSPS) is 18.4. The van der Waals surface area contributed by atoms with Crippen molar-refractivity contribution in [3.63, 3.8) is 0 Å². The number of benzene rings is 1. The van der Waals surface area contributed by atoms with E-state index in [-0.39, 0.29) is 0 Å². The molecule has 15 heavy (non-hydrogen) atoms. The molecule has 0 aromatic heterocycles. The molecule has 2 rings (SSSR count). The fourth-order valence-corrected chi connectivity index (χ4v) is 2.83. The van der Waals surface area contributed by atoms with Crippen LogP contribution in [-0.2, 0) is 0 Å². The Kier molecular flexibility index (Phi) is 4.34. The third kappa shape index (κ3) is 3.75. The molecule has 80 valence electrons. The first-order valence-electron chi connectivity index (χ1n) is 5.83. The Hall–Kier alpha value is -0.690. The molecule has 0 aliphatic heterocycles. The predicted molar refractivity (Wildman–Crippen MR) is 68.0 cm³/mol. The molecular weight excluding hydrogens is 200 g/mol. The van der Waals surface area contributed by atoms with Crippen molar-refractivity contribution in [2.75, 3.05) is 0 Å². The van der Waals surface area contributed by atoms with Gasteiger partial charge < -0.3 is 0 Å². The van der Waals surface area contributed by atoms with Gasteiger partial charge in [-0.2, -0.15) is 0 Å². The molecule has 1 aromatic rings. The van der Waals surface area contributed by atoms with Crippen LogP contribution in [0.25, 0.3) is 0 Å². The molecular formula is C14H18S. The topological polar surface area (TPSA) is 0 Å². The van der Waals surface area contributed by atoms with Gasteiger partial charge in [-0.1, -0.05) is 55.3 Å². The Labute approximate surface area is 96.8 Å². The van der Waals surface area contributed by atoms with E-state index in [2.05, 4.69) is 41.8 Å². The van der Waals surface area contributed by atoms with Crippen molar-refractivity contribution in [3.05, 3.63) is 41.8 Å². The molecule has 0 bridgehead atoms. The minimum atomic E-state index is 0.843. The minimum Gasteiger partial charge on any atom is -0.0984 e. The molecule has 1 aromatic carbocycles. The van der Waals surface area contributed by atoms with E-state index in [0.717, 1.165) is 5.92 Å². The molecule has 1 aliphatic rings. The van der Waals surface area contributed by atoms with Crippen molar-refractivity contribution >= 4 is 11.8 Å². The van der Waals surface area contributed by atoms with E-state index in [1.807, 2.05) is 11.8 Å². The fraction of sp³-hybridized carbons (Fsp3) is 0.429. The molecule has 1 fully saturated rings. The summed E-state index contributed by atoms with van der Waals surface area (Å²) < 4.78 is 0. The second-order valence-electron chi connectivity index (χ2n) is 4.16. The third-order valence-corrected chi connectivity index (χ3v) is 3.79. The highest BCUT2D eigenvalue weighted by Gasteiger charge is 2.09. The predicted octanol–water partition coefficient (Wildman–Crippen LogP) is 4.87. The summed E-state index contributed by atoms with van der Waals surface area (Å²) >= 11 is 1.83. The Morgan fingerprint density at radius 1 is 1.00 bits per heavy atom. The maximum Gasteiger partial charge on any atom is 0.0116 e. The van der Waals surface area contributed by atoms with E-state index < -0.39 is 0 Å². The first kappa shape index (κ1) is 10.8. The van der Waals surface area contributed by atoms with Gasteiger partial charge in [-0.05, 0) is 36.3 Å². The van der Waals surface area contributed by atoms with Crippen LogP contribution < -0.4 is 0 Å². The van der Waals surface area contributed by atoms with Gasteiger partial charge in [0.25, 0.3) is 0 Å². The van der Waals surface area contributed by atoms with Gasteiger partial charge in [0.15, 0.2) is 0 Å². The monoisotopic (exact) mass is 218 g/mol. The molecule has 0 unspecified atom stereocenters. The number of hydrogen-bond acceptors (Lipinski definition) is 1. The highest BCUT2D eigenvalue weighted by Crippen LogP contribution is 2.26. The first-order chi connectivity index (χ1) is 7.45. The van der Waals surface area contributed by atoms with Crippen molar-refractivity contribution in [1.82, 2.24) is 0 Å². The standard InChI is InChI=1S/C14H18S/c1-3-7-13(8-4-1)11-12-15-14-9-5-2-6-10-14/h2,5-6,9-13H,1,3-4,7-8H2/b12-11+.